The SMILES string of the molecule is CCCNc1ncnc(Nc2cc(F)ccc2Cl)c1C. The van der Waals surface area contributed by atoms with E-state index < -0.39 is 0 Å². The largest absolute Gasteiger partial charge is 0.370 e. The molecule has 0 unspecified atom stereocenters. The van der Waals surface area contributed by atoms with E-state index >= 15 is 0 Å². The lowest BCUT2D eigenvalue weighted by atomic mass is 10.2. The van der Waals surface area contributed by atoms with E-state index in [0.717, 1.165) is 24.3 Å². The van der Waals surface area contributed by atoms with Gasteiger partial charge in [0.1, 0.15) is 23.8 Å². The Morgan fingerprint density at radius 2 is 2.00 bits per heavy atom. The van der Waals surface area contributed by atoms with E-state index in [1.165, 1.54) is 24.5 Å². The monoisotopic (exact) mass is 294 g/mol. The van der Waals surface area contributed by atoms with Gasteiger partial charge in [0.15, 0.2) is 0 Å². The fraction of sp³-hybridized carbons (Fsp3) is 0.286. The van der Waals surface area contributed by atoms with Crippen molar-refractivity contribution >= 4 is 28.9 Å². The number of benzene rings is 1. The number of aromatic nitrogens is 2. The van der Waals surface area contributed by atoms with E-state index in [-0.39, 0.29) is 5.82 Å². The second-order valence-corrected chi connectivity index (χ2v) is 4.78. The molecule has 0 spiro atoms. The van der Waals surface area contributed by atoms with E-state index in [1.807, 2.05) is 6.92 Å². The molecule has 0 aliphatic carbocycles. The number of anilines is 3. The molecule has 0 bridgehead atoms. The van der Waals surface area contributed by atoms with Crippen LogP contribution in [0, 0.1) is 12.7 Å². The lowest BCUT2D eigenvalue weighted by molar-refractivity contribution is 0.628. The number of nitrogens with zero attached hydrogens (tertiary/aromatic N) is 2. The highest BCUT2D eigenvalue weighted by Crippen LogP contribution is 2.28. The zero-order valence-corrected chi connectivity index (χ0v) is 12.1. The summed E-state index contributed by atoms with van der Waals surface area (Å²) >= 11 is 6.03. The van der Waals surface area contributed by atoms with Gasteiger partial charge in [0.05, 0.1) is 10.7 Å². The van der Waals surface area contributed by atoms with E-state index in [0.29, 0.717) is 16.5 Å². The Balaban J connectivity index is 2.27. The maximum Gasteiger partial charge on any atom is 0.138 e. The molecule has 0 fully saturated rings. The van der Waals surface area contributed by atoms with Crippen molar-refractivity contribution < 1.29 is 4.39 Å². The van der Waals surface area contributed by atoms with Gasteiger partial charge in [-0.2, -0.15) is 0 Å². The highest BCUT2D eigenvalue weighted by atomic mass is 35.5. The van der Waals surface area contributed by atoms with Gasteiger partial charge in [0.25, 0.3) is 0 Å². The minimum atomic E-state index is -0.354. The van der Waals surface area contributed by atoms with Crippen LogP contribution in [0.25, 0.3) is 0 Å². The fourth-order valence-electron chi connectivity index (χ4n) is 1.72. The standard InChI is InChI=1S/C14H16ClFN4/c1-3-6-17-13-9(2)14(19-8-18-13)20-12-7-10(16)4-5-11(12)15/h4-5,7-8H,3,6H2,1-2H3,(H2,17,18,19,20). The van der Waals surface area contributed by atoms with Gasteiger partial charge in [-0.3, -0.25) is 0 Å². The molecule has 1 aromatic heterocycles. The first-order chi connectivity index (χ1) is 9.61. The average Bonchev–Trinajstić information content (AvgIpc) is 2.44. The third-order valence-electron chi connectivity index (χ3n) is 2.81. The molecule has 0 amide bonds. The Bertz CT molecular complexity index is 604. The Kier molecular flexibility index (Phi) is 4.74. The number of nitrogens with one attached hydrogen (secondary N) is 2. The summed E-state index contributed by atoms with van der Waals surface area (Å²) in [5.74, 6) is 1.01. The minimum Gasteiger partial charge on any atom is -0.370 e. The summed E-state index contributed by atoms with van der Waals surface area (Å²) in [5.41, 5.74) is 1.34. The Hall–Kier alpha value is -1.88. The smallest absolute Gasteiger partial charge is 0.138 e. The third-order valence-corrected chi connectivity index (χ3v) is 3.14. The molecule has 0 aliphatic heterocycles. The molecule has 1 heterocycles. The van der Waals surface area contributed by atoms with Crippen molar-refractivity contribution in [1.82, 2.24) is 9.97 Å². The van der Waals surface area contributed by atoms with Crippen LogP contribution in [-0.2, 0) is 0 Å². The van der Waals surface area contributed by atoms with Gasteiger partial charge in [-0.1, -0.05) is 18.5 Å². The van der Waals surface area contributed by atoms with Gasteiger partial charge in [-0.05, 0) is 31.5 Å². The summed E-state index contributed by atoms with van der Waals surface area (Å²) in [6.07, 6.45) is 2.46. The summed E-state index contributed by atoms with van der Waals surface area (Å²) in [6, 6.07) is 4.16. The van der Waals surface area contributed by atoms with Crippen molar-refractivity contribution in [2.45, 2.75) is 20.3 Å². The Morgan fingerprint density at radius 3 is 2.75 bits per heavy atom. The molecule has 106 valence electrons. The topological polar surface area (TPSA) is 49.8 Å². The van der Waals surface area contributed by atoms with E-state index in [9.17, 15) is 4.39 Å². The summed E-state index contributed by atoms with van der Waals surface area (Å²) in [7, 11) is 0. The molecule has 0 aliphatic rings. The zero-order chi connectivity index (χ0) is 14.5. The van der Waals surface area contributed by atoms with Crippen molar-refractivity contribution in [2.24, 2.45) is 0 Å². The van der Waals surface area contributed by atoms with Crippen LogP contribution in [0.3, 0.4) is 0 Å². The number of hydrogen-bond donors (Lipinski definition) is 2. The highest BCUT2D eigenvalue weighted by molar-refractivity contribution is 6.33. The molecule has 6 heteroatoms. The first-order valence-corrected chi connectivity index (χ1v) is 6.77. The summed E-state index contributed by atoms with van der Waals surface area (Å²) in [5, 5.41) is 6.69. The van der Waals surface area contributed by atoms with Crippen LogP contribution in [0.2, 0.25) is 5.02 Å². The maximum absolute atomic E-state index is 13.3. The molecule has 2 aromatic rings. The molecule has 0 saturated carbocycles. The lowest BCUT2D eigenvalue weighted by Crippen LogP contribution is -2.07. The first kappa shape index (κ1) is 14.5. The van der Waals surface area contributed by atoms with E-state index in [2.05, 4.69) is 27.5 Å². The molecule has 2 rings (SSSR count). The first-order valence-electron chi connectivity index (χ1n) is 6.39. The summed E-state index contributed by atoms with van der Waals surface area (Å²) in [6.45, 7) is 4.81. The Labute approximate surface area is 122 Å². The number of rotatable bonds is 5. The molecule has 0 saturated heterocycles. The molecule has 4 nitrogen and oxygen atoms in total. The second kappa shape index (κ2) is 6.52. The van der Waals surface area contributed by atoms with Gasteiger partial charge in [-0.15, -0.1) is 0 Å². The molecule has 0 atom stereocenters. The van der Waals surface area contributed by atoms with Gasteiger partial charge in [-0.25, -0.2) is 14.4 Å². The maximum atomic E-state index is 13.3. The van der Waals surface area contributed by atoms with Crippen molar-refractivity contribution in [3.8, 4) is 0 Å². The normalized spacial score (nSPS) is 10.4. The molecular weight excluding hydrogens is 279 g/mol. The van der Waals surface area contributed by atoms with E-state index in [4.69, 9.17) is 11.6 Å². The van der Waals surface area contributed by atoms with Crippen LogP contribution < -0.4 is 10.6 Å². The van der Waals surface area contributed by atoms with Crippen LogP contribution >= 0.6 is 11.6 Å². The second-order valence-electron chi connectivity index (χ2n) is 4.37. The quantitative estimate of drug-likeness (QED) is 0.870. The fourth-order valence-corrected chi connectivity index (χ4v) is 1.88. The number of hydrogen-bond acceptors (Lipinski definition) is 4. The van der Waals surface area contributed by atoms with Gasteiger partial charge < -0.3 is 10.6 Å². The molecule has 1 aromatic carbocycles. The molecular formula is C14H16ClFN4. The van der Waals surface area contributed by atoms with Crippen LogP contribution in [0.4, 0.5) is 21.7 Å². The van der Waals surface area contributed by atoms with Crippen LogP contribution in [0.5, 0.6) is 0 Å². The molecule has 0 radical (unpaired) electrons. The number of halogens is 2. The van der Waals surface area contributed by atoms with Crippen molar-refractivity contribution in [3.63, 3.8) is 0 Å². The average molecular weight is 295 g/mol. The minimum absolute atomic E-state index is 0.354. The van der Waals surface area contributed by atoms with Gasteiger partial charge >= 0.3 is 0 Å². The molecule has 2 N–H and O–H groups in total. The predicted octanol–water partition coefficient (Wildman–Crippen LogP) is 4.14. The van der Waals surface area contributed by atoms with Gasteiger partial charge in [0, 0.05) is 12.1 Å². The van der Waals surface area contributed by atoms with Crippen molar-refractivity contribution in [2.75, 3.05) is 17.2 Å². The molecule has 20 heavy (non-hydrogen) atoms. The van der Waals surface area contributed by atoms with Gasteiger partial charge in [0.2, 0.25) is 0 Å². The van der Waals surface area contributed by atoms with Crippen LogP contribution in [0.15, 0.2) is 24.5 Å². The third kappa shape index (κ3) is 3.36. The summed E-state index contributed by atoms with van der Waals surface area (Å²) < 4.78 is 13.3. The van der Waals surface area contributed by atoms with Crippen LogP contribution in [0.1, 0.15) is 18.9 Å². The van der Waals surface area contributed by atoms with Crippen LogP contribution in [-0.4, -0.2) is 16.5 Å². The Morgan fingerprint density at radius 1 is 1.25 bits per heavy atom. The lowest BCUT2D eigenvalue weighted by Gasteiger charge is -2.13. The zero-order valence-electron chi connectivity index (χ0n) is 11.4. The van der Waals surface area contributed by atoms with Crippen molar-refractivity contribution in [1.29, 1.82) is 0 Å². The van der Waals surface area contributed by atoms with Crippen molar-refractivity contribution in [3.05, 3.63) is 40.9 Å². The predicted molar refractivity (Wildman–Crippen MR) is 80.2 cm³/mol. The van der Waals surface area contributed by atoms with E-state index in [1.54, 1.807) is 0 Å². The summed E-state index contributed by atoms with van der Waals surface area (Å²) in [4.78, 5) is 8.36. The highest BCUT2D eigenvalue weighted by Gasteiger charge is 2.09.